The number of carbonyl (C=O) groups excluding carboxylic acids is 2. The molecule has 0 heterocycles. The Morgan fingerprint density at radius 2 is 1.63 bits per heavy atom. The van der Waals surface area contributed by atoms with Gasteiger partial charge in [0.05, 0.1) is 6.61 Å². The fraction of sp³-hybridized carbons (Fsp3) is 0.310. The van der Waals surface area contributed by atoms with Crippen LogP contribution in [0.25, 0.3) is 0 Å². The van der Waals surface area contributed by atoms with Crippen LogP contribution in [0, 0.1) is 6.92 Å². The van der Waals surface area contributed by atoms with E-state index in [0.29, 0.717) is 43.3 Å². The zero-order chi connectivity index (χ0) is 25.0. The van der Waals surface area contributed by atoms with Gasteiger partial charge in [-0.25, -0.2) is 0 Å². The Bertz CT molecular complexity index is 1070. The number of carbonyl (C=O) groups is 2. The number of nitrogens with one attached hydrogen (secondary N) is 1. The molecule has 2 amide bonds. The Balaban J connectivity index is 1.75. The van der Waals surface area contributed by atoms with Crippen molar-refractivity contribution in [1.29, 1.82) is 0 Å². The summed E-state index contributed by atoms with van der Waals surface area (Å²) in [6, 6.07) is 24.4. The molecule has 0 fully saturated rings. The van der Waals surface area contributed by atoms with Crippen molar-refractivity contribution in [2.75, 3.05) is 13.2 Å². The molecule has 3 aromatic rings. The van der Waals surface area contributed by atoms with Gasteiger partial charge in [0.15, 0.2) is 0 Å². The highest BCUT2D eigenvalue weighted by Gasteiger charge is 2.29. The Hall–Kier alpha value is -3.31. The van der Waals surface area contributed by atoms with Crippen molar-refractivity contribution >= 4 is 23.4 Å². The second-order valence-corrected chi connectivity index (χ2v) is 8.95. The highest BCUT2D eigenvalue weighted by molar-refractivity contribution is 6.30. The zero-order valence-corrected chi connectivity index (χ0v) is 21.1. The van der Waals surface area contributed by atoms with Crippen LogP contribution in [0.5, 0.6) is 5.75 Å². The van der Waals surface area contributed by atoms with Gasteiger partial charge in [0.2, 0.25) is 11.8 Å². The standard InChI is InChI=1S/C29H33ClN2O3/c1-3-31-29(34)27(20-23-8-5-4-6-9-23)32(21-24-13-11-22(2)12-14-24)28(33)10-7-19-35-26-17-15-25(30)16-18-26/h4-6,8-9,11-18,27H,3,7,10,19-21H2,1-2H3,(H,31,34)/t27-/m0/s1. The third-order valence-corrected chi connectivity index (χ3v) is 5.96. The molecule has 6 heteroatoms. The minimum absolute atomic E-state index is 0.0718. The van der Waals surface area contributed by atoms with Crippen LogP contribution < -0.4 is 10.1 Å². The number of benzene rings is 3. The molecular weight excluding hydrogens is 460 g/mol. The molecular formula is C29H33ClN2O3. The summed E-state index contributed by atoms with van der Waals surface area (Å²) in [5.41, 5.74) is 3.15. The van der Waals surface area contributed by atoms with Gasteiger partial charge < -0.3 is 15.0 Å². The number of nitrogens with zero attached hydrogens (tertiary/aromatic N) is 1. The van der Waals surface area contributed by atoms with E-state index in [2.05, 4.69) is 5.32 Å². The summed E-state index contributed by atoms with van der Waals surface area (Å²) in [4.78, 5) is 28.3. The van der Waals surface area contributed by atoms with Gasteiger partial charge in [-0.1, -0.05) is 71.8 Å². The topological polar surface area (TPSA) is 58.6 Å². The number of amides is 2. The second kappa shape index (κ2) is 13.5. The van der Waals surface area contributed by atoms with Crippen molar-refractivity contribution in [3.8, 4) is 5.75 Å². The molecule has 3 rings (SSSR count). The van der Waals surface area contributed by atoms with Crippen LogP contribution >= 0.6 is 11.6 Å². The first-order chi connectivity index (χ1) is 17.0. The lowest BCUT2D eigenvalue weighted by Crippen LogP contribution is -2.50. The molecule has 1 N–H and O–H groups in total. The lowest BCUT2D eigenvalue weighted by molar-refractivity contribution is -0.141. The van der Waals surface area contributed by atoms with E-state index >= 15 is 0 Å². The molecule has 1 atom stereocenters. The molecule has 0 spiro atoms. The van der Waals surface area contributed by atoms with Gasteiger partial charge in [0.1, 0.15) is 11.8 Å². The lowest BCUT2D eigenvalue weighted by Gasteiger charge is -2.31. The Labute approximate surface area is 213 Å². The van der Waals surface area contributed by atoms with E-state index in [4.69, 9.17) is 16.3 Å². The van der Waals surface area contributed by atoms with Crippen molar-refractivity contribution < 1.29 is 14.3 Å². The Morgan fingerprint density at radius 3 is 2.29 bits per heavy atom. The molecule has 0 radical (unpaired) electrons. The summed E-state index contributed by atoms with van der Waals surface area (Å²) in [6.45, 7) is 5.19. The van der Waals surface area contributed by atoms with Crippen LogP contribution in [-0.4, -0.2) is 35.9 Å². The van der Waals surface area contributed by atoms with Gasteiger partial charge in [0, 0.05) is 31.0 Å². The first-order valence-electron chi connectivity index (χ1n) is 12.0. The highest BCUT2D eigenvalue weighted by atomic mass is 35.5. The van der Waals surface area contributed by atoms with Crippen molar-refractivity contribution in [2.24, 2.45) is 0 Å². The van der Waals surface area contributed by atoms with Gasteiger partial charge in [-0.2, -0.15) is 0 Å². The molecule has 184 valence electrons. The molecule has 0 saturated carbocycles. The summed E-state index contributed by atoms with van der Waals surface area (Å²) in [6.07, 6.45) is 1.27. The first-order valence-corrected chi connectivity index (χ1v) is 12.4. The summed E-state index contributed by atoms with van der Waals surface area (Å²) < 4.78 is 5.76. The summed E-state index contributed by atoms with van der Waals surface area (Å²) in [7, 11) is 0. The van der Waals surface area contributed by atoms with E-state index < -0.39 is 6.04 Å². The maximum Gasteiger partial charge on any atom is 0.243 e. The van der Waals surface area contributed by atoms with E-state index in [1.54, 1.807) is 29.2 Å². The third kappa shape index (κ3) is 8.45. The van der Waals surface area contributed by atoms with Crippen molar-refractivity contribution in [3.05, 3.63) is 101 Å². The van der Waals surface area contributed by atoms with E-state index in [1.165, 1.54) is 0 Å². The molecule has 0 aliphatic rings. The fourth-order valence-electron chi connectivity index (χ4n) is 3.82. The quantitative estimate of drug-likeness (QED) is 0.335. The monoisotopic (exact) mass is 492 g/mol. The first kappa shape index (κ1) is 26.3. The number of hydrogen-bond acceptors (Lipinski definition) is 3. The van der Waals surface area contributed by atoms with Gasteiger partial charge >= 0.3 is 0 Å². The van der Waals surface area contributed by atoms with Crippen LogP contribution in [0.3, 0.4) is 0 Å². The van der Waals surface area contributed by atoms with Crippen molar-refractivity contribution in [2.45, 2.75) is 45.7 Å². The van der Waals surface area contributed by atoms with E-state index in [1.807, 2.05) is 68.4 Å². The number of likely N-dealkylation sites (N-methyl/N-ethyl adjacent to an activating group) is 1. The van der Waals surface area contributed by atoms with E-state index in [0.717, 1.165) is 16.7 Å². The highest BCUT2D eigenvalue weighted by Crippen LogP contribution is 2.18. The fourth-order valence-corrected chi connectivity index (χ4v) is 3.95. The normalized spacial score (nSPS) is 11.5. The Kier molecular flexibility index (Phi) is 10.2. The number of ether oxygens (including phenoxy) is 1. The van der Waals surface area contributed by atoms with Gasteiger partial charge in [-0.15, -0.1) is 0 Å². The molecule has 0 aliphatic carbocycles. The van der Waals surface area contributed by atoms with Gasteiger partial charge in [-0.05, 0) is 55.7 Å². The predicted molar refractivity (Wildman–Crippen MR) is 141 cm³/mol. The number of rotatable bonds is 12. The van der Waals surface area contributed by atoms with Crippen LogP contribution in [0.1, 0.15) is 36.5 Å². The third-order valence-electron chi connectivity index (χ3n) is 5.71. The lowest BCUT2D eigenvalue weighted by atomic mass is 10.0. The second-order valence-electron chi connectivity index (χ2n) is 8.51. The van der Waals surface area contributed by atoms with Gasteiger partial charge in [-0.3, -0.25) is 9.59 Å². The molecule has 5 nitrogen and oxygen atoms in total. The molecule has 0 unspecified atom stereocenters. The van der Waals surface area contributed by atoms with Crippen LogP contribution in [0.4, 0.5) is 0 Å². The zero-order valence-electron chi connectivity index (χ0n) is 20.4. The summed E-state index contributed by atoms with van der Waals surface area (Å²) >= 11 is 5.92. The molecule has 0 aromatic heterocycles. The van der Waals surface area contributed by atoms with Crippen LogP contribution in [0.15, 0.2) is 78.9 Å². The smallest absolute Gasteiger partial charge is 0.243 e. The number of aryl methyl sites for hydroxylation is 1. The number of halogens is 1. The van der Waals surface area contributed by atoms with Crippen LogP contribution in [-0.2, 0) is 22.6 Å². The molecule has 0 bridgehead atoms. The minimum Gasteiger partial charge on any atom is -0.494 e. The maximum atomic E-state index is 13.5. The SMILES string of the molecule is CCNC(=O)[C@H](Cc1ccccc1)N(Cc1ccc(C)cc1)C(=O)CCCOc1ccc(Cl)cc1. The Morgan fingerprint density at radius 1 is 0.943 bits per heavy atom. The summed E-state index contributed by atoms with van der Waals surface area (Å²) in [5.74, 6) is 0.495. The average Bonchev–Trinajstić information content (AvgIpc) is 2.87. The van der Waals surface area contributed by atoms with E-state index in [-0.39, 0.29) is 18.2 Å². The molecule has 3 aromatic carbocycles. The molecule has 35 heavy (non-hydrogen) atoms. The van der Waals surface area contributed by atoms with Crippen molar-refractivity contribution in [3.63, 3.8) is 0 Å². The van der Waals surface area contributed by atoms with Crippen molar-refractivity contribution in [1.82, 2.24) is 10.2 Å². The van der Waals surface area contributed by atoms with Crippen LogP contribution in [0.2, 0.25) is 5.02 Å². The predicted octanol–water partition coefficient (Wildman–Crippen LogP) is 5.58. The largest absolute Gasteiger partial charge is 0.494 e. The van der Waals surface area contributed by atoms with E-state index in [9.17, 15) is 9.59 Å². The summed E-state index contributed by atoms with van der Waals surface area (Å²) in [5, 5.41) is 3.57. The minimum atomic E-state index is -0.608. The van der Waals surface area contributed by atoms with Gasteiger partial charge in [0.25, 0.3) is 0 Å². The molecule has 0 saturated heterocycles. The number of hydrogen-bond donors (Lipinski definition) is 1. The maximum absolute atomic E-state index is 13.5. The average molecular weight is 493 g/mol. The molecule has 0 aliphatic heterocycles.